The van der Waals surface area contributed by atoms with Gasteiger partial charge in [-0.2, -0.15) is 0 Å². The van der Waals surface area contributed by atoms with Crippen molar-refractivity contribution in [2.24, 2.45) is 0 Å². The lowest BCUT2D eigenvalue weighted by atomic mass is 10.2. The largest absolute Gasteiger partial charge is 0.308 e. The zero-order valence-corrected chi connectivity index (χ0v) is 13.7. The standard InChI is InChI=1S/C14H16ClNO2S2/c1-10-6-7-19-13(10)9-16-8-11-12(15)4-3-5-14(11)20(2,17)18/h3-7,16H,8-9H2,1-2H3. The Morgan fingerprint density at radius 3 is 2.60 bits per heavy atom. The van der Waals surface area contributed by atoms with E-state index in [1.165, 1.54) is 16.7 Å². The average Bonchev–Trinajstić information content (AvgIpc) is 2.76. The molecule has 6 heteroatoms. The van der Waals surface area contributed by atoms with Crippen LogP contribution in [-0.4, -0.2) is 14.7 Å². The SMILES string of the molecule is Cc1ccsc1CNCc1c(Cl)cccc1S(C)(=O)=O. The molecular weight excluding hydrogens is 314 g/mol. The Balaban J connectivity index is 2.16. The number of aryl methyl sites for hydroxylation is 1. The Hall–Kier alpha value is -0.880. The van der Waals surface area contributed by atoms with Gasteiger partial charge < -0.3 is 5.32 Å². The molecule has 0 bridgehead atoms. The second-order valence-corrected chi connectivity index (χ2v) is 8.01. The summed E-state index contributed by atoms with van der Waals surface area (Å²) in [5.41, 5.74) is 1.87. The number of benzene rings is 1. The summed E-state index contributed by atoms with van der Waals surface area (Å²) in [6, 6.07) is 7.03. The minimum Gasteiger partial charge on any atom is -0.308 e. The third-order valence-corrected chi connectivity index (χ3v) is 5.59. The molecular formula is C14H16ClNO2S2. The van der Waals surface area contributed by atoms with Crippen LogP contribution in [0.1, 0.15) is 16.0 Å². The molecule has 2 aromatic rings. The number of thiophene rings is 1. The maximum atomic E-state index is 11.8. The Labute approximate surface area is 128 Å². The smallest absolute Gasteiger partial charge is 0.175 e. The molecule has 20 heavy (non-hydrogen) atoms. The highest BCUT2D eigenvalue weighted by Crippen LogP contribution is 2.24. The third kappa shape index (κ3) is 3.61. The minimum atomic E-state index is -3.27. The van der Waals surface area contributed by atoms with Gasteiger partial charge in [0.15, 0.2) is 9.84 Å². The summed E-state index contributed by atoms with van der Waals surface area (Å²) in [6.45, 7) is 3.20. The van der Waals surface area contributed by atoms with E-state index in [1.807, 2.05) is 5.38 Å². The molecule has 0 amide bonds. The van der Waals surface area contributed by atoms with Gasteiger partial charge in [-0.05, 0) is 36.1 Å². The van der Waals surface area contributed by atoms with Crippen LogP contribution < -0.4 is 5.32 Å². The Morgan fingerprint density at radius 1 is 1.25 bits per heavy atom. The topological polar surface area (TPSA) is 46.2 Å². The van der Waals surface area contributed by atoms with Gasteiger partial charge in [0.2, 0.25) is 0 Å². The van der Waals surface area contributed by atoms with Crippen LogP contribution in [0.5, 0.6) is 0 Å². The van der Waals surface area contributed by atoms with Gasteiger partial charge in [0.05, 0.1) is 4.90 Å². The quantitative estimate of drug-likeness (QED) is 0.914. The molecule has 0 radical (unpaired) electrons. The molecule has 0 saturated carbocycles. The summed E-state index contributed by atoms with van der Waals surface area (Å²) in [5.74, 6) is 0. The van der Waals surface area contributed by atoms with Crippen molar-refractivity contribution < 1.29 is 8.42 Å². The predicted molar refractivity (Wildman–Crippen MR) is 84.2 cm³/mol. The van der Waals surface area contributed by atoms with Gasteiger partial charge in [-0.15, -0.1) is 11.3 Å². The summed E-state index contributed by atoms with van der Waals surface area (Å²) in [4.78, 5) is 1.54. The molecule has 3 nitrogen and oxygen atoms in total. The number of hydrogen-bond acceptors (Lipinski definition) is 4. The van der Waals surface area contributed by atoms with Crippen molar-refractivity contribution >= 4 is 32.8 Å². The molecule has 0 spiro atoms. The van der Waals surface area contributed by atoms with Gasteiger partial charge in [0.25, 0.3) is 0 Å². The molecule has 0 aliphatic carbocycles. The van der Waals surface area contributed by atoms with Crippen LogP contribution in [0.4, 0.5) is 0 Å². The molecule has 0 unspecified atom stereocenters. The number of hydrogen-bond donors (Lipinski definition) is 1. The molecule has 1 aromatic carbocycles. The average molecular weight is 330 g/mol. The van der Waals surface area contributed by atoms with Crippen molar-refractivity contribution in [2.75, 3.05) is 6.26 Å². The molecule has 0 aliphatic rings. The monoisotopic (exact) mass is 329 g/mol. The normalized spacial score (nSPS) is 11.8. The number of rotatable bonds is 5. The van der Waals surface area contributed by atoms with Crippen molar-refractivity contribution in [1.29, 1.82) is 0 Å². The predicted octanol–water partition coefficient (Wildman–Crippen LogP) is 3.40. The molecule has 2 rings (SSSR count). The van der Waals surface area contributed by atoms with E-state index in [-0.39, 0.29) is 0 Å². The second kappa shape index (κ2) is 6.26. The van der Waals surface area contributed by atoms with E-state index < -0.39 is 9.84 Å². The van der Waals surface area contributed by atoms with E-state index in [0.29, 0.717) is 28.6 Å². The van der Waals surface area contributed by atoms with E-state index in [9.17, 15) is 8.42 Å². The lowest BCUT2D eigenvalue weighted by molar-refractivity contribution is 0.598. The van der Waals surface area contributed by atoms with Crippen LogP contribution in [-0.2, 0) is 22.9 Å². The molecule has 0 fully saturated rings. The third-order valence-electron chi connectivity index (χ3n) is 3.03. The van der Waals surface area contributed by atoms with Gasteiger partial charge in [0, 0.05) is 34.8 Å². The summed E-state index contributed by atoms with van der Waals surface area (Å²) in [5, 5.41) is 5.78. The van der Waals surface area contributed by atoms with Gasteiger partial charge in [0.1, 0.15) is 0 Å². The molecule has 0 aliphatic heterocycles. The maximum absolute atomic E-state index is 11.8. The van der Waals surface area contributed by atoms with E-state index in [0.717, 1.165) is 0 Å². The van der Waals surface area contributed by atoms with E-state index in [4.69, 9.17) is 11.6 Å². The number of halogens is 1. The summed E-state index contributed by atoms with van der Waals surface area (Å²) in [7, 11) is -3.27. The van der Waals surface area contributed by atoms with Gasteiger partial charge in [-0.25, -0.2) is 8.42 Å². The molecule has 1 aromatic heterocycles. The van der Waals surface area contributed by atoms with Crippen molar-refractivity contribution in [3.63, 3.8) is 0 Å². The first-order chi connectivity index (χ1) is 9.39. The highest BCUT2D eigenvalue weighted by Gasteiger charge is 2.15. The van der Waals surface area contributed by atoms with Crippen LogP contribution in [0.2, 0.25) is 5.02 Å². The molecule has 108 valence electrons. The molecule has 1 heterocycles. The zero-order valence-electron chi connectivity index (χ0n) is 11.3. The van der Waals surface area contributed by atoms with Gasteiger partial charge >= 0.3 is 0 Å². The van der Waals surface area contributed by atoms with Crippen LogP contribution in [0.25, 0.3) is 0 Å². The van der Waals surface area contributed by atoms with Crippen molar-refractivity contribution in [3.05, 3.63) is 50.7 Å². The first-order valence-corrected chi connectivity index (χ1v) is 9.25. The number of nitrogens with one attached hydrogen (secondary N) is 1. The fourth-order valence-electron chi connectivity index (χ4n) is 1.94. The number of sulfone groups is 1. The fraction of sp³-hybridized carbons (Fsp3) is 0.286. The van der Waals surface area contributed by atoms with Crippen molar-refractivity contribution in [2.45, 2.75) is 24.9 Å². The highest BCUT2D eigenvalue weighted by molar-refractivity contribution is 7.90. The molecule has 0 saturated heterocycles. The van der Waals surface area contributed by atoms with E-state index in [2.05, 4.69) is 18.3 Å². The lowest BCUT2D eigenvalue weighted by Crippen LogP contribution is -2.15. The van der Waals surface area contributed by atoms with Crippen LogP contribution >= 0.6 is 22.9 Å². The van der Waals surface area contributed by atoms with E-state index >= 15 is 0 Å². The first kappa shape index (κ1) is 15.5. The summed E-state index contributed by atoms with van der Waals surface area (Å²) >= 11 is 7.81. The summed E-state index contributed by atoms with van der Waals surface area (Å²) in [6.07, 6.45) is 1.20. The Bertz CT molecular complexity index is 708. The zero-order chi connectivity index (χ0) is 14.8. The molecule has 0 atom stereocenters. The summed E-state index contributed by atoms with van der Waals surface area (Å²) < 4.78 is 23.5. The molecule has 1 N–H and O–H groups in total. The van der Waals surface area contributed by atoms with Gasteiger partial charge in [-0.3, -0.25) is 0 Å². The second-order valence-electron chi connectivity index (χ2n) is 4.62. The van der Waals surface area contributed by atoms with Crippen molar-refractivity contribution in [1.82, 2.24) is 5.32 Å². The Morgan fingerprint density at radius 2 is 2.00 bits per heavy atom. The lowest BCUT2D eigenvalue weighted by Gasteiger charge is -2.11. The van der Waals surface area contributed by atoms with E-state index in [1.54, 1.807) is 29.5 Å². The maximum Gasteiger partial charge on any atom is 0.175 e. The van der Waals surface area contributed by atoms with Gasteiger partial charge in [-0.1, -0.05) is 17.7 Å². The highest BCUT2D eigenvalue weighted by atomic mass is 35.5. The van der Waals surface area contributed by atoms with Crippen LogP contribution in [0, 0.1) is 6.92 Å². The fourth-order valence-corrected chi connectivity index (χ4v) is 4.07. The Kier molecular flexibility index (Phi) is 4.86. The van der Waals surface area contributed by atoms with Crippen molar-refractivity contribution in [3.8, 4) is 0 Å². The first-order valence-electron chi connectivity index (χ1n) is 6.10. The van der Waals surface area contributed by atoms with Crippen LogP contribution in [0.3, 0.4) is 0 Å². The van der Waals surface area contributed by atoms with Crippen LogP contribution in [0.15, 0.2) is 34.5 Å². The minimum absolute atomic E-state index is 0.292.